The lowest BCUT2D eigenvalue weighted by Crippen LogP contribution is -2.45. The van der Waals surface area contributed by atoms with Crippen LogP contribution in [0.3, 0.4) is 0 Å². The van der Waals surface area contributed by atoms with Crippen molar-refractivity contribution in [3.05, 3.63) is 0 Å². The topological polar surface area (TPSA) is 24.1 Å². The van der Waals surface area contributed by atoms with Crippen molar-refractivity contribution in [2.45, 2.75) is 38.8 Å². The van der Waals surface area contributed by atoms with Gasteiger partial charge in [-0.1, -0.05) is 0 Å². The van der Waals surface area contributed by atoms with E-state index < -0.39 is 0 Å². The van der Waals surface area contributed by atoms with Crippen molar-refractivity contribution >= 4 is 0 Å². The van der Waals surface area contributed by atoms with Gasteiger partial charge in [0.15, 0.2) is 0 Å². The van der Waals surface area contributed by atoms with Gasteiger partial charge in [-0.05, 0) is 33.7 Å². The van der Waals surface area contributed by atoms with Crippen LogP contribution in [0.4, 0.5) is 0 Å². The fraction of sp³-hybridized carbons (Fsp3) is 1.00. The molecule has 10 heavy (non-hydrogen) atoms. The van der Waals surface area contributed by atoms with Gasteiger partial charge in [-0.2, -0.15) is 0 Å². The highest BCUT2D eigenvalue weighted by Crippen LogP contribution is 2.05. The van der Waals surface area contributed by atoms with Crippen LogP contribution in [-0.4, -0.2) is 24.7 Å². The van der Waals surface area contributed by atoms with Gasteiger partial charge in [0.1, 0.15) is 0 Å². The van der Waals surface area contributed by atoms with Crippen LogP contribution in [-0.2, 0) is 0 Å². The zero-order chi connectivity index (χ0) is 7.61. The van der Waals surface area contributed by atoms with E-state index >= 15 is 0 Å². The second-order valence-electron chi connectivity index (χ2n) is 3.88. The lowest BCUT2D eigenvalue weighted by Gasteiger charge is -2.23. The van der Waals surface area contributed by atoms with Crippen molar-refractivity contribution < 1.29 is 0 Å². The minimum Gasteiger partial charge on any atom is -0.312 e. The number of hydrogen-bond acceptors (Lipinski definition) is 2. The van der Waals surface area contributed by atoms with E-state index in [1.54, 1.807) is 0 Å². The van der Waals surface area contributed by atoms with Gasteiger partial charge in [-0.15, -0.1) is 0 Å². The molecule has 1 atom stereocenters. The molecule has 0 saturated carbocycles. The molecular weight excluding hydrogens is 124 g/mol. The quantitative estimate of drug-likeness (QED) is 0.521. The molecule has 1 fully saturated rings. The second-order valence-corrected chi connectivity index (χ2v) is 3.88. The molecule has 1 aliphatic heterocycles. The summed E-state index contributed by atoms with van der Waals surface area (Å²) in [6.45, 7) is 8.93. The summed E-state index contributed by atoms with van der Waals surface area (Å²) in [5.74, 6) is 0. The molecule has 1 unspecified atom stereocenters. The van der Waals surface area contributed by atoms with E-state index in [0.29, 0.717) is 6.04 Å². The fourth-order valence-electron chi connectivity index (χ4n) is 1.22. The van der Waals surface area contributed by atoms with Gasteiger partial charge in [0.2, 0.25) is 0 Å². The summed E-state index contributed by atoms with van der Waals surface area (Å²) in [4.78, 5) is 0. The molecule has 0 aromatic rings. The Bertz CT molecular complexity index is 110. The first-order valence-electron chi connectivity index (χ1n) is 4.08. The molecule has 0 aromatic heterocycles. The summed E-state index contributed by atoms with van der Waals surface area (Å²) in [5, 5.41) is 6.96. The molecule has 0 aromatic carbocycles. The highest BCUT2D eigenvalue weighted by atomic mass is 15.1. The normalized spacial score (nSPS) is 33.3. The smallest absolute Gasteiger partial charge is 0.0249 e. The number of rotatable bonds is 0. The Balaban J connectivity index is 2.41. The first-order valence-corrected chi connectivity index (χ1v) is 4.08. The van der Waals surface area contributed by atoms with Crippen LogP contribution in [0.1, 0.15) is 27.2 Å². The molecule has 2 nitrogen and oxygen atoms in total. The highest BCUT2D eigenvalue weighted by Gasteiger charge is 2.20. The van der Waals surface area contributed by atoms with Gasteiger partial charge in [-0.3, -0.25) is 0 Å². The highest BCUT2D eigenvalue weighted by molar-refractivity contribution is 4.84. The first kappa shape index (κ1) is 8.02. The summed E-state index contributed by atoms with van der Waals surface area (Å²) in [5.41, 5.74) is 0.282. The third kappa shape index (κ3) is 2.27. The molecular formula is C8H18N2. The van der Waals surface area contributed by atoms with Crippen molar-refractivity contribution in [1.29, 1.82) is 0 Å². The van der Waals surface area contributed by atoms with E-state index in [0.717, 1.165) is 13.1 Å². The molecule has 0 bridgehead atoms. The molecule has 0 aliphatic carbocycles. The molecule has 1 heterocycles. The van der Waals surface area contributed by atoms with Crippen molar-refractivity contribution in [3.63, 3.8) is 0 Å². The maximum absolute atomic E-state index is 3.49. The van der Waals surface area contributed by atoms with Crippen LogP contribution >= 0.6 is 0 Å². The van der Waals surface area contributed by atoms with Crippen molar-refractivity contribution in [2.24, 2.45) is 0 Å². The van der Waals surface area contributed by atoms with Crippen LogP contribution in [0.5, 0.6) is 0 Å². The Morgan fingerprint density at radius 1 is 1.40 bits per heavy atom. The Morgan fingerprint density at radius 3 is 2.80 bits per heavy atom. The molecule has 1 aliphatic rings. The van der Waals surface area contributed by atoms with Crippen molar-refractivity contribution in [3.8, 4) is 0 Å². The molecule has 2 heteroatoms. The van der Waals surface area contributed by atoms with E-state index in [1.807, 2.05) is 0 Å². The maximum atomic E-state index is 3.49. The van der Waals surface area contributed by atoms with Crippen LogP contribution in [0, 0.1) is 0 Å². The Morgan fingerprint density at radius 2 is 2.10 bits per heavy atom. The largest absolute Gasteiger partial charge is 0.312 e. The monoisotopic (exact) mass is 142 g/mol. The fourth-order valence-corrected chi connectivity index (χ4v) is 1.22. The van der Waals surface area contributed by atoms with Gasteiger partial charge in [0, 0.05) is 18.1 Å². The summed E-state index contributed by atoms with van der Waals surface area (Å²) >= 11 is 0. The van der Waals surface area contributed by atoms with E-state index in [1.165, 1.54) is 6.42 Å². The van der Waals surface area contributed by atoms with Crippen molar-refractivity contribution in [1.82, 2.24) is 10.6 Å². The summed E-state index contributed by atoms with van der Waals surface area (Å²) in [6, 6.07) is 0.675. The average Bonchev–Trinajstić information content (AvgIpc) is 1.94. The minimum absolute atomic E-state index is 0.282. The average molecular weight is 142 g/mol. The van der Waals surface area contributed by atoms with E-state index in [2.05, 4.69) is 31.4 Å². The predicted molar refractivity (Wildman–Crippen MR) is 44.2 cm³/mol. The molecule has 0 radical (unpaired) electrons. The number of hydrogen-bond donors (Lipinski definition) is 2. The van der Waals surface area contributed by atoms with Gasteiger partial charge in [0.25, 0.3) is 0 Å². The Kier molecular flexibility index (Phi) is 2.32. The van der Waals surface area contributed by atoms with E-state index in [4.69, 9.17) is 0 Å². The lowest BCUT2D eigenvalue weighted by atomic mass is 10.1. The van der Waals surface area contributed by atoms with Crippen LogP contribution in [0.2, 0.25) is 0 Å². The Hall–Kier alpha value is -0.0800. The van der Waals surface area contributed by atoms with Crippen LogP contribution < -0.4 is 10.6 Å². The zero-order valence-electron chi connectivity index (χ0n) is 7.20. The predicted octanol–water partition coefficient (Wildman–Crippen LogP) is 0.736. The van der Waals surface area contributed by atoms with Gasteiger partial charge in [0.05, 0.1) is 0 Å². The summed E-state index contributed by atoms with van der Waals surface area (Å²) in [7, 11) is 0. The third-order valence-electron chi connectivity index (χ3n) is 2.07. The standard InChI is InChI=1S/C8H18N2/c1-7-4-5-10-8(2,3)6-9-7/h7,9-10H,4-6H2,1-3H3. The molecule has 1 saturated heterocycles. The van der Waals surface area contributed by atoms with Crippen LogP contribution in [0.15, 0.2) is 0 Å². The number of nitrogens with one attached hydrogen (secondary N) is 2. The van der Waals surface area contributed by atoms with E-state index in [-0.39, 0.29) is 5.54 Å². The SMILES string of the molecule is CC1CCNC(C)(C)CN1. The molecule has 60 valence electrons. The van der Waals surface area contributed by atoms with Crippen LogP contribution in [0.25, 0.3) is 0 Å². The lowest BCUT2D eigenvalue weighted by molar-refractivity contribution is 0.397. The molecule has 0 amide bonds. The molecule has 0 spiro atoms. The molecule has 2 N–H and O–H groups in total. The van der Waals surface area contributed by atoms with E-state index in [9.17, 15) is 0 Å². The van der Waals surface area contributed by atoms with Gasteiger partial charge in [-0.25, -0.2) is 0 Å². The minimum atomic E-state index is 0.282. The Labute approximate surface area is 63.4 Å². The first-order chi connectivity index (χ1) is 4.60. The zero-order valence-corrected chi connectivity index (χ0v) is 7.20. The second kappa shape index (κ2) is 2.89. The summed E-state index contributed by atoms with van der Waals surface area (Å²) in [6.07, 6.45) is 1.24. The summed E-state index contributed by atoms with van der Waals surface area (Å²) < 4.78 is 0. The maximum Gasteiger partial charge on any atom is 0.0249 e. The van der Waals surface area contributed by atoms with Crippen molar-refractivity contribution in [2.75, 3.05) is 13.1 Å². The van der Waals surface area contributed by atoms with Gasteiger partial charge >= 0.3 is 0 Å². The van der Waals surface area contributed by atoms with Gasteiger partial charge < -0.3 is 10.6 Å². The molecule has 1 rings (SSSR count). The third-order valence-corrected chi connectivity index (χ3v) is 2.07.